The highest BCUT2D eigenvalue weighted by Gasteiger charge is 2.10. The van der Waals surface area contributed by atoms with Crippen molar-refractivity contribution in [2.75, 3.05) is 6.54 Å². The van der Waals surface area contributed by atoms with Gasteiger partial charge < -0.3 is 5.32 Å². The van der Waals surface area contributed by atoms with Crippen LogP contribution in [0.3, 0.4) is 0 Å². The predicted octanol–water partition coefficient (Wildman–Crippen LogP) is 3.27. The Morgan fingerprint density at radius 1 is 1.44 bits per heavy atom. The summed E-state index contributed by atoms with van der Waals surface area (Å²) in [5.41, 5.74) is 1.41. The first-order valence-corrected chi connectivity index (χ1v) is 6.70. The van der Waals surface area contributed by atoms with Crippen LogP contribution in [0.5, 0.6) is 0 Å². The molecule has 1 N–H and O–H groups in total. The number of rotatable bonds is 5. The predicted molar refractivity (Wildman–Crippen MR) is 73.2 cm³/mol. The Labute approximate surface area is 114 Å². The van der Waals surface area contributed by atoms with Gasteiger partial charge in [0.05, 0.1) is 16.4 Å². The minimum absolute atomic E-state index is 0.206. The fourth-order valence-corrected chi connectivity index (χ4v) is 2.05. The molecular formula is C13H15BrFN3. The van der Waals surface area contributed by atoms with Gasteiger partial charge in [0.1, 0.15) is 5.82 Å². The quantitative estimate of drug-likeness (QED) is 0.859. The fraction of sp³-hybridized carbons (Fsp3) is 0.308. The molecule has 0 radical (unpaired) electrons. The molecule has 0 spiro atoms. The summed E-state index contributed by atoms with van der Waals surface area (Å²) in [4.78, 5) is 0. The Balaban J connectivity index is 2.31. The summed E-state index contributed by atoms with van der Waals surface area (Å²) in [7, 11) is 0. The summed E-state index contributed by atoms with van der Waals surface area (Å²) in [6.07, 6.45) is 4.53. The van der Waals surface area contributed by atoms with Gasteiger partial charge in [0.15, 0.2) is 0 Å². The van der Waals surface area contributed by atoms with Crippen molar-refractivity contribution in [3.05, 3.63) is 46.4 Å². The molecule has 0 bridgehead atoms. The minimum Gasteiger partial charge on any atom is -0.312 e. The van der Waals surface area contributed by atoms with E-state index in [0.717, 1.165) is 23.1 Å². The van der Waals surface area contributed by atoms with Crippen molar-refractivity contribution in [3.8, 4) is 5.69 Å². The van der Waals surface area contributed by atoms with Crippen molar-refractivity contribution in [3.63, 3.8) is 0 Å². The van der Waals surface area contributed by atoms with Crippen molar-refractivity contribution >= 4 is 15.9 Å². The fourth-order valence-electron chi connectivity index (χ4n) is 1.76. The summed E-state index contributed by atoms with van der Waals surface area (Å²) in [6, 6.07) is 5.04. The zero-order chi connectivity index (χ0) is 13.0. The van der Waals surface area contributed by atoms with Gasteiger partial charge in [-0.3, -0.25) is 0 Å². The molecule has 3 nitrogen and oxygen atoms in total. The van der Waals surface area contributed by atoms with Gasteiger partial charge >= 0.3 is 0 Å². The average Bonchev–Trinajstić information content (AvgIpc) is 2.78. The lowest BCUT2D eigenvalue weighted by Crippen LogP contribution is -2.17. The molecule has 0 fully saturated rings. The number of nitrogens with zero attached hydrogens (tertiary/aromatic N) is 2. The molecule has 2 rings (SSSR count). The number of hydrogen-bond donors (Lipinski definition) is 1. The first-order chi connectivity index (χ1) is 8.72. The first kappa shape index (κ1) is 13.2. The first-order valence-electron chi connectivity index (χ1n) is 5.91. The number of nitrogens with one attached hydrogen (secondary N) is 1. The molecule has 18 heavy (non-hydrogen) atoms. The third-order valence-corrected chi connectivity index (χ3v) is 3.03. The van der Waals surface area contributed by atoms with Crippen LogP contribution in [0.15, 0.2) is 35.1 Å². The monoisotopic (exact) mass is 311 g/mol. The second-order valence-electron chi connectivity index (χ2n) is 4.02. The lowest BCUT2D eigenvalue weighted by molar-refractivity contribution is 0.582. The number of aromatic nitrogens is 2. The van der Waals surface area contributed by atoms with Crippen LogP contribution in [0, 0.1) is 5.82 Å². The molecule has 2 aromatic rings. The highest BCUT2D eigenvalue weighted by atomic mass is 79.9. The molecule has 0 aliphatic carbocycles. The largest absolute Gasteiger partial charge is 0.312 e. The highest BCUT2D eigenvalue weighted by molar-refractivity contribution is 9.10. The normalized spacial score (nSPS) is 10.8. The zero-order valence-electron chi connectivity index (χ0n) is 10.2. The highest BCUT2D eigenvalue weighted by Crippen LogP contribution is 2.19. The molecule has 1 aromatic carbocycles. The Morgan fingerprint density at radius 2 is 2.28 bits per heavy atom. The van der Waals surface area contributed by atoms with E-state index in [1.54, 1.807) is 16.9 Å². The molecular weight excluding hydrogens is 297 g/mol. The van der Waals surface area contributed by atoms with Gasteiger partial charge in [0.25, 0.3) is 0 Å². The molecule has 0 aliphatic heterocycles. The summed E-state index contributed by atoms with van der Waals surface area (Å²) in [6.45, 7) is 3.46. The van der Waals surface area contributed by atoms with Gasteiger partial charge in [0, 0.05) is 18.3 Å². The van der Waals surface area contributed by atoms with Gasteiger partial charge in [-0.05, 0) is 41.0 Å². The van der Waals surface area contributed by atoms with E-state index < -0.39 is 0 Å². The number of hydrogen-bond acceptors (Lipinski definition) is 2. The summed E-state index contributed by atoms with van der Waals surface area (Å²) in [5.74, 6) is -0.206. The second kappa shape index (κ2) is 6.11. The van der Waals surface area contributed by atoms with Gasteiger partial charge in [-0.1, -0.05) is 13.0 Å². The van der Waals surface area contributed by atoms with E-state index in [2.05, 4.69) is 33.3 Å². The smallest absolute Gasteiger partial charge is 0.129 e. The Morgan fingerprint density at radius 3 is 2.94 bits per heavy atom. The lowest BCUT2D eigenvalue weighted by Gasteiger charge is -2.11. The van der Waals surface area contributed by atoms with Gasteiger partial charge in [-0.25, -0.2) is 9.07 Å². The van der Waals surface area contributed by atoms with E-state index in [0.29, 0.717) is 12.1 Å². The standard InChI is InChI=1S/C13H15BrFN3/c1-2-6-16-8-11-12(15)4-3-5-13(11)18-9-10(14)7-17-18/h3-5,7,9,16H,2,6,8H2,1H3. The van der Waals surface area contributed by atoms with E-state index in [1.807, 2.05) is 12.3 Å². The van der Waals surface area contributed by atoms with Crippen molar-refractivity contribution in [1.82, 2.24) is 15.1 Å². The zero-order valence-corrected chi connectivity index (χ0v) is 11.7. The molecule has 1 aromatic heterocycles. The van der Waals surface area contributed by atoms with Gasteiger partial charge in [0.2, 0.25) is 0 Å². The van der Waals surface area contributed by atoms with Crippen LogP contribution in [0.1, 0.15) is 18.9 Å². The molecule has 0 aliphatic rings. The topological polar surface area (TPSA) is 29.9 Å². The Hall–Kier alpha value is -1.20. The van der Waals surface area contributed by atoms with Crippen LogP contribution >= 0.6 is 15.9 Å². The summed E-state index contributed by atoms with van der Waals surface area (Å²) >= 11 is 3.34. The molecule has 0 amide bonds. The molecule has 96 valence electrons. The van der Waals surface area contributed by atoms with E-state index in [4.69, 9.17) is 0 Å². The SMILES string of the molecule is CCCNCc1c(F)cccc1-n1cc(Br)cn1. The average molecular weight is 312 g/mol. The molecule has 0 atom stereocenters. The van der Waals surface area contributed by atoms with Crippen LogP contribution < -0.4 is 5.32 Å². The van der Waals surface area contributed by atoms with E-state index in [9.17, 15) is 4.39 Å². The number of benzene rings is 1. The second-order valence-corrected chi connectivity index (χ2v) is 4.93. The van der Waals surface area contributed by atoms with Gasteiger partial charge in [-0.15, -0.1) is 0 Å². The maximum atomic E-state index is 13.9. The van der Waals surface area contributed by atoms with E-state index in [-0.39, 0.29) is 5.82 Å². The van der Waals surface area contributed by atoms with Crippen LogP contribution in [0.2, 0.25) is 0 Å². The van der Waals surface area contributed by atoms with Crippen molar-refractivity contribution in [1.29, 1.82) is 0 Å². The third-order valence-electron chi connectivity index (χ3n) is 2.62. The molecule has 0 saturated carbocycles. The van der Waals surface area contributed by atoms with Crippen LogP contribution in [0.25, 0.3) is 5.69 Å². The van der Waals surface area contributed by atoms with Crippen molar-refractivity contribution in [2.24, 2.45) is 0 Å². The lowest BCUT2D eigenvalue weighted by atomic mass is 10.1. The van der Waals surface area contributed by atoms with Crippen LogP contribution in [-0.2, 0) is 6.54 Å². The van der Waals surface area contributed by atoms with Crippen LogP contribution in [0.4, 0.5) is 4.39 Å². The van der Waals surface area contributed by atoms with E-state index in [1.165, 1.54) is 6.07 Å². The number of halogens is 2. The minimum atomic E-state index is -0.206. The van der Waals surface area contributed by atoms with Gasteiger partial charge in [-0.2, -0.15) is 5.10 Å². The Kier molecular flexibility index (Phi) is 4.49. The maximum Gasteiger partial charge on any atom is 0.129 e. The molecule has 0 saturated heterocycles. The van der Waals surface area contributed by atoms with Crippen LogP contribution in [-0.4, -0.2) is 16.3 Å². The molecule has 1 heterocycles. The molecule has 0 unspecified atom stereocenters. The Bertz CT molecular complexity index is 525. The maximum absolute atomic E-state index is 13.9. The summed E-state index contributed by atoms with van der Waals surface area (Å²) in [5, 5.41) is 7.41. The summed E-state index contributed by atoms with van der Waals surface area (Å²) < 4.78 is 16.4. The third kappa shape index (κ3) is 2.97. The van der Waals surface area contributed by atoms with E-state index >= 15 is 0 Å². The molecule has 5 heteroatoms. The van der Waals surface area contributed by atoms with Crippen molar-refractivity contribution in [2.45, 2.75) is 19.9 Å². The van der Waals surface area contributed by atoms with Crippen molar-refractivity contribution < 1.29 is 4.39 Å².